The first-order valence-electron chi connectivity index (χ1n) is 11.4. The number of unbranched alkanes of at least 4 members (excludes halogenated alkanes) is 1. The Bertz CT molecular complexity index is 1060. The van der Waals surface area contributed by atoms with Gasteiger partial charge in [-0.05, 0) is 48.2 Å². The fourth-order valence-electron chi connectivity index (χ4n) is 3.35. The van der Waals surface area contributed by atoms with Crippen LogP contribution in [0.3, 0.4) is 0 Å². The van der Waals surface area contributed by atoms with Crippen LogP contribution < -0.4 is 16.0 Å². The molecule has 0 saturated heterocycles. The maximum absolute atomic E-state index is 11.7. The van der Waals surface area contributed by atoms with Crippen LogP contribution >= 0.6 is 0 Å². The van der Waals surface area contributed by atoms with Gasteiger partial charge in [-0.2, -0.15) is 4.98 Å². The number of anilines is 3. The Kier molecular flexibility index (Phi) is 9.40. The molecule has 2 aromatic carbocycles. The van der Waals surface area contributed by atoms with E-state index in [0.717, 1.165) is 24.9 Å². The molecule has 1 aromatic heterocycles. The average molecular weight is 462 g/mol. The minimum absolute atomic E-state index is 0.0857. The molecule has 1 aliphatic rings. The van der Waals surface area contributed by atoms with Gasteiger partial charge in [-0.15, -0.1) is 0 Å². The highest BCUT2D eigenvalue weighted by Gasteiger charge is 2.07. The molecular formula is C26H31N5O3. The number of amides is 1. The van der Waals surface area contributed by atoms with Crippen molar-refractivity contribution in [2.45, 2.75) is 39.2 Å². The molecule has 0 bridgehead atoms. The molecule has 0 fully saturated rings. The van der Waals surface area contributed by atoms with Crippen LogP contribution in [0.1, 0.15) is 47.7 Å². The number of esters is 1. The molecule has 1 amide bonds. The molecule has 8 heteroatoms. The molecule has 0 atom stereocenters. The van der Waals surface area contributed by atoms with E-state index in [4.69, 9.17) is 0 Å². The summed E-state index contributed by atoms with van der Waals surface area (Å²) in [4.78, 5) is 31.4. The molecule has 178 valence electrons. The first kappa shape index (κ1) is 24.7. The summed E-state index contributed by atoms with van der Waals surface area (Å²) in [6.07, 6.45) is 5.04. The quantitative estimate of drug-likeness (QED) is 0.419. The van der Waals surface area contributed by atoms with Crippen LogP contribution in [0.4, 0.5) is 17.5 Å². The fraction of sp³-hybridized carbons (Fsp3) is 0.308. The van der Waals surface area contributed by atoms with Gasteiger partial charge in [-0.3, -0.25) is 10.1 Å². The summed E-state index contributed by atoms with van der Waals surface area (Å²) in [7, 11) is 1.35. The van der Waals surface area contributed by atoms with Gasteiger partial charge in [0.2, 0.25) is 11.9 Å². The largest absolute Gasteiger partial charge is 0.465 e. The zero-order valence-electron chi connectivity index (χ0n) is 19.6. The number of aromatic nitrogens is 2. The van der Waals surface area contributed by atoms with Crippen molar-refractivity contribution in [3.8, 4) is 0 Å². The van der Waals surface area contributed by atoms with E-state index in [9.17, 15) is 9.59 Å². The highest BCUT2D eigenvalue weighted by Crippen LogP contribution is 2.20. The molecule has 2 heterocycles. The van der Waals surface area contributed by atoms with Crippen molar-refractivity contribution in [2.24, 2.45) is 0 Å². The lowest BCUT2D eigenvalue weighted by Crippen LogP contribution is -2.14. The summed E-state index contributed by atoms with van der Waals surface area (Å²) in [6, 6.07) is 17.3. The molecule has 0 aliphatic carbocycles. The lowest BCUT2D eigenvalue weighted by molar-refractivity contribution is -0.116. The Morgan fingerprint density at radius 3 is 2.62 bits per heavy atom. The van der Waals surface area contributed by atoms with E-state index >= 15 is 0 Å². The Labute approximate surface area is 200 Å². The molecule has 0 radical (unpaired) electrons. The first-order valence-corrected chi connectivity index (χ1v) is 11.4. The van der Waals surface area contributed by atoms with Gasteiger partial charge in [-0.25, -0.2) is 9.78 Å². The van der Waals surface area contributed by atoms with E-state index in [2.05, 4.69) is 54.9 Å². The molecule has 8 nitrogen and oxygen atoms in total. The summed E-state index contributed by atoms with van der Waals surface area (Å²) in [6.45, 7) is 3.67. The van der Waals surface area contributed by atoms with Crippen molar-refractivity contribution in [2.75, 3.05) is 29.6 Å². The fourth-order valence-corrected chi connectivity index (χ4v) is 3.35. The van der Waals surface area contributed by atoms with Crippen molar-refractivity contribution in [1.29, 1.82) is 0 Å². The number of hydrogen-bond acceptors (Lipinski definition) is 7. The number of fused-ring (bicyclic) bond motifs is 1. The van der Waals surface area contributed by atoms with Gasteiger partial charge in [0.05, 0.1) is 12.7 Å². The Hall–Kier alpha value is -3.94. The van der Waals surface area contributed by atoms with Crippen LogP contribution in [0.25, 0.3) is 0 Å². The van der Waals surface area contributed by atoms with E-state index < -0.39 is 0 Å². The third-order valence-electron chi connectivity index (χ3n) is 5.24. The maximum Gasteiger partial charge on any atom is 0.337 e. The smallest absolute Gasteiger partial charge is 0.337 e. The monoisotopic (exact) mass is 461 g/mol. The van der Waals surface area contributed by atoms with E-state index in [1.807, 2.05) is 19.1 Å². The predicted molar refractivity (Wildman–Crippen MR) is 134 cm³/mol. The Morgan fingerprint density at radius 1 is 1.09 bits per heavy atom. The third kappa shape index (κ3) is 7.58. The normalized spacial score (nSPS) is 11.4. The Morgan fingerprint density at radius 2 is 1.88 bits per heavy atom. The molecule has 34 heavy (non-hydrogen) atoms. The molecule has 3 N–H and O–H groups in total. The van der Waals surface area contributed by atoms with Crippen LogP contribution in [0, 0.1) is 0 Å². The van der Waals surface area contributed by atoms with Gasteiger partial charge in [0.1, 0.15) is 5.82 Å². The number of carbonyl (C=O) groups is 2. The number of ether oxygens (including phenoxy) is 1. The van der Waals surface area contributed by atoms with Gasteiger partial charge >= 0.3 is 5.97 Å². The lowest BCUT2D eigenvalue weighted by Gasteiger charge is -2.08. The highest BCUT2D eigenvalue weighted by atomic mass is 16.5. The third-order valence-corrected chi connectivity index (χ3v) is 5.24. The first-order chi connectivity index (χ1) is 16.6. The lowest BCUT2D eigenvalue weighted by atomic mass is 10.1. The maximum atomic E-state index is 11.7. The van der Waals surface area contributed by atoms with Crippen LogP contribution in [-0.4, -0.2) is 35.5 Å². The van der Waals surface area contributed by atoms with Gasteiger partial charge in [0.15, 0.2) is 0 Å². The van der Waals surface area contributed by atoms with Crippen molar-refractivity contribution in [1.82, 2.24) is 9.97 Å². The van der Waals surface area contributed by atoms with Crippen molar-refractivity contribution >= 4 is 29.3 Å². The van der Waals surface area contributed by atoms with Crippen LogP contribution in [0.15, 0.2) is 60.8 Å². The standard InChI is InChI=1S/C18H22N4O3.C8H9N/c1-3-4-5-16(23)22-18-19-11-10-15(21-18)20-12-13-6-8-14(9-7-13)17(24)25-2;1-2-4-8-7(3-1)5-6-9-8/h6-11H,3-5,12H2,1-2H3,(H2,19,20,21,22,23);1-4,9H,5-6H2. The van der Waals surface area contributed by atoms with Crippen LogP contribution in [0.5, 0.6) is 0 Å². The second-order valence-electron chi connectivity index (χ2n) is 7.79. The van der Waals surface area contributed by atoms with E-state index in [1.165, 1.54) is 24.8 Å². The topological polar surface area (TPSA) is 105 Å². The molecule has 0 unspecified atom stereocenters. The summed E-state index contributed by atoms with van der Waals surface area (Å²) in [5, 5.41) is 9.15. The number of rotatable bonds is 8. The summed E-state index contributed by atoms with van der Waals surface area (Å²) in [5.41, 5.74) is 4.26. The molecule has 1 aliphatic heterocycles. The number of benzene rings is 2. The number of para-hydroxylation sites is 1. The highest BCUT2D eigenvalue weighted by molar-refractivity contribution is 5.89. The Balaban J connectivity index is 0.000000296. The molecule has 3 aromatic rings. The molecule has 0 spiro atoms. The second kappa shape index (κ2) is 12.9. The SMILES string of the molecule is CCCCC(=O)Nc1nccc(NCc2ccc(C(=O)OC)cc2)n1.c1ccc2c(c1)CCN2. The van der Waals surface area contributed by atoms with E-state index in [-0.39, 0.29) is 17.8 Å². The van der Waals surface area contributed by atoms with Gasteiger partial charge < -0.3 is 15.4 Å². The predicted octanol–water partition coefficient (Wildman–Crippen LogP) is 4.66. The minimum atomic E-state index is -0.362. The zero-order valence-corrected chi connectivity index (χ0v) is 19.6. The van der Waals surface area contributed by atoms with Gasteiger partial charge in [0, 0.05) is 31.4 Å². The average Bonchev–Trinajstić information content (AvgIpc) is 3.36. The number of methoxy groups -OCH3 is 1. The number of hydrogen-bond donors (Lipinski definition) is 3. The van der Waals surface area contributed by atoms with Gasteiger partial charge in [-0.1, -0.05) is 43.7 Å². The number of nitrogens with one attached hydrogen (secondary N) is 3. The summed E-state index contributed by atoms with van der Waals surface area (Å²) in [5.74, 6) is 0.446. The zero-order chi connectivity index (χ0) is 24.2. The molecule has 4 rings (SSSR count). The van der Waals surface area contributed by atoms with E-state index in [1.54, 1.807) is 24.4 Å². The van der Waals surface area contributed by atoms with Gasteiger partial charge in [0.25, 0.3) is 0 Å². The summed E-state index contributed by atoms with van der Waals surface area (Å²) < 4.78 is 4.67. The van der Waals surface area contributed by atoms with Crippen LogP contribution in [0.2, 0.25) is 0 Å². The number of carbonyl (C=O) groups excluding carboxylic acids is 2. The molecule has 0 saturated carbocycles. The van der Waals surface area contributed by atoms with Crippen molar-refractivity contribution < 1.29 is 14.3 Å². The van der Waals surface area contributed by atoms with Crippen molar-refractivity contribution in [3.05, 3.63) is 77.5 Å². The van der Waals surface area contributed by atoms with E-state index in [0.29, 0.717) is 24.3 Å². The second-order valence-corrected chi connectivity index (χ2v) is 7.79. The molecular weight excluding hydrogens is 430 g/mol. The van der Waals surface area contributed by atoms with Crippen LogP contribution in [-0.2, 0) is 22.5 Å². The van der Waals surface area contributed by atoms with Crippen molar-refractivity contribution in [3.63, 3.8) is 0 Å². The summed E-state index contributed by atoms with van der Waals surface area (Å²) >= 11 is 0. The number of nitrogens with zero attached hydrogens (tertiary/aromatic N) is 2. The minimum Gasteiger partial charge on any atom is -0.465 e.